The number of anilines is 1. The molecule has 1 aromatic carbocycles. The maximum atomic E-state index is 10.8. The lowest BCUT2D eigenvalue weighted by Gasteiger charge is -2.46. The van der Waals surface area contributed by atoms with E-state index in [0.29, 0.717) is 12.2 Å². The van der Waals surface area contributed by atoms with Gasteiger partial charge >= 0.3 is 0 Å². The van der Waals surface area contributed by atoms with Crippen LogP contribution in [0.3, 0.4) is 0 Å². The fraction of sp³-hybridized carbons (Fsp3) is 0.353. The van der Waals surface area contributed by atoms with Crippen LogP contribution in [0, 0.1) is 0 Å². The van der Waals surface area contributed by atoms with Crippen LogP contribution in [-0.2, 0) is 11.8 Å². The highest BCUT2D eigenvalue weighted by atomic mass is 16.3. The van der Waals surface area contributed by atoms with Crippen molar-refractivity contribution in [1.82, 2.24) is 4.98 Å². The predicted molar refractivity (Wildman–Crippen MR) is 80.3 cm³/mol. The normalized spacial score (nSPS) is 18.2. The number of hydrogen-bond donors (Lipinski definition) is 2. The van der Waals surface area contributed by atoms with E-state index in [1.807, 2.05) is 30.3 Å². The molecule has 0 spiro atoms. The summed E-state index contributed by atoms with van der Waals surface area (Å²) in [4.78, 5) is 4.10. The standard InChI is InChI=1S/C17H20N2O/c18-16-13(6-4-11-19-16)12-15(20)17(9-5-10-17)14-7-2-1-3-8-14/h1-4,6-8,11,15,20H,5,9-10,12H2,(H2,18,19). The summed E-state index contributed by atoms with van der Waals surface area (Å²) < 4.78 is 0. The summed E-state index contributed by atoms with van der Waals surface area (Å²) in [6.07, 6.45) is 5.09. The van der Waals surface area contributed by atoms with Gasteiger partial charge in [-0.3, -0.25) is 0 Å². The van der Waals surface area contributed by atoms with Gasteiger partial charge in [0.1, 0.15) is 5.82 Å². The molecule has 0 bridgehead atoms. The third kappa shape index (κ3) is 2.18. The summed E-state index contributed by atoms with van der Waals surface area (Å²) in [6, 6.07) is 14.2. The highest BCUT2D eigenvalue weighted by Gasteiger charge is 2.44. The van der Waals surface area contributed by atoms with Crippen molar-refractivity contribution < 1.29 is 5.11 Å². The van der Waals surface area contributed by atoms with Gasteiger partial charge in [-0.15, -0.1) is 0 Å². The van der Waals surface area contributed by atoms with E-state index in [1.54, 1.807) is 6.20 Å². The van der Waals surface area contributed by atoms with Crippen LogP contribution in [0.5, 0.6) is 0 Å². The molecule has 3 heteroatoms. The molecule has 0 radical (unpaired) electrons. The Kier molecular flexibility index (Phi) is 3.45. The first-order chi connectivity index (χ1) is 9.72. The first kappa shape index (κ1) is 13.1. The lowest BCUT2D eigenvalue weighted by atomic mass is 9.60. The molecule has 0 saturated heterocycles. The molecule has 0 aliphatic heterocycles. The van der Waals surface area contributed by atoms with Crippen molar-refractivity contribution in [3.63, 3.8) is 0 Å². The van der Waals surface area contributed by atoms with Crippen molar-refractivity contribution in [2.75, 3.05) is 5.73 Å². The van der Waals surface area contributed by atoms with Crippen molar-refractivity contribution in [1.29, 1.82) is 0 Å². The van der Waals surface area contributed by atoms with Crippen LogP contribution in [0.15, 0.2) is 48.7 Å². The summed E-state index contributed by atoms with van der Waals surface area (Å²) >= 11 is 0. The minimum Gasteiger partial charge on any atom is -0.392 e. The number of nitrogens with zero attached hydrogens (tertiary/aromatic N) is 1. The monoisotopic (exact) mass is 268 g/mol. The number of hydrogen-bond acceptors (Lipinski definition) is 3. The zero-order valence-corrected chi connectivity index (χ0v) is 11.5. The van der Waals surface area contributed by atoms with E-state index in [1.165, 1.54) is 12.0 Å². The van der Waals surface area contributed by atoms with Crippen LogP contribution in [0.25, 0.3) is 0 Å². The quantitative estimate of drug-likeness (QED) is 0.896. The van der Waals surface area contributed by atoms with Gasteiger partial charge in [0.25, 0.3) is 0 Å². The topological polar surface area (TPSA) is 59.1 Å². The van der Waals surface area contributed by atoms with Crippen molar-refractivity contribution >= 4 is 5.82 Å². The number of nitrogen functional groups attached to an aromatic ring is 1. The number of nitrogens with two attached hydrogens (primary N) is 1. The zero-order valence-electron chi connectivity index (χ0n) is 11.5. The van der Waals surface area contributed by atoms with Crippen LogP contribution in [0.1, 0.15) is 30.4 Å². The second-order valence-electron chi connectivity index (χ2n) is 5.64. The number of aliphatic hydroxyl groups is 1. The molecule has 1 saturated carbocycles. The molecule has 1 aliphatic rings. The van der Waals surface area contributed by atoms with Crippen molar-refractivity contribution in [2.45, 2.75) is 37.2 Å². The van der Waals surface area contributed by atoms with Gasteiger partial charge in [0.2, 0.25) is 0 Å². The van der Waals surface area contributed by atoms with E-state index < -0.39 is 6.10 Å². The molecule has 1 aromatic heterocycles. The summed E-state index contributed by atoms with van der Waals surface area (Å²) in [7, 11) is 0. The Balaban J connectivity index is 1.85. The molecule has 3 N–H and O–H groups in total. The van der Waals surface area contributed by atoms with Crippen molar-refractivity contribution in [2.24, 2.45) is 0 Å². The number of pyridine rings is 1. The van der Waals surface area contributed by atoms with Gasteiger partial charge < -0.3 is 10.8 Å². The van der Waals surface area contributed by atoms with Crippen LogP contribution >= 0.6 is 0 Å². The Morgan fingerprint density at radius 1 is 1.15 bits per heavy atom. The average Bonchev–Trinajstić information content (AvgIpc) is 2.41. The maximum absolute atomic E-state index is 10.8. The average molecular weight is 268 g/mol. The van der Waals surface area contributed by atoms with Crippen LogP contribution in [0.2, 0.25) is 0 Å². The lowest BCUT2D eigenvalue weighted by Crippen LogP contribution is -2.46. The molecule has 1 unspecified atom stereocenters. The Bertz CT molecular complexity index is 579. The first-order valence-electron chi connectivity index (χ1n) is 7.15. The second-order valence-corrected chi connectivity index (χ2v) is 5.64. The second kappa shape index (κ2) is 5.25. The number of aromatic nitrogens is 1. The minimum absolute atomic E-state index is 0.108. The fourth-order valence-electron chi connectivity index (χ4n) is 3.17. The van der Waals surface area contributed by atoms with E-state index in [9.17, 15) is 5.11 Å². The highest BCUT2D eigenvalue weighted by Crippen LogP contribution is 2.47. The Morgan fingerprint density at radius 3 is 2.50 bits per heavy atom. The lowest BCUT2D eigenvalue weighted by molar-refractivity contribution is 0.0286. The van der Waals surface area contributed by atoms with Crippen LogP contribution in [-0.4, -0.2) is 16.2 Å². The third-order valence-electron chi connectivity index (χ3n) is 4.57. The van der Waals surface area contributed by atoms with Gasteiger partial charge in [-0.25, -0.2) is 4.98 Å². The molecular weight excluding hydrogens is 248 g/mol. The van der Waals surface area contributed by atoms with Gasteiger partial charge in [0.05, 0.1) is 6.10 Å². The fourth-order valence-corrected chi connectivity index (χ4v) is 3.17. The summed E-state index contributed by atoms with van der Waals surface area (Å²) in [5.41, 5.74) is 7.95. The van der Waals surface area contributed by atoms with E-state index >= 15 is 0 Å². The number of rotatable bonds is 4. The van der Waals surface area contributed by atoms with E-state index in [-0.39, 0.29) is 5.41 Å². The molecule has 3 nitrogen and oxygen atoms in total. The molecule has 20 heavy (non-hydrogen) atoms. The summed E-state index contributed by atoms with van der Waals surface area (Å²) in [5, 5.41) is 10.8. The maximum Gasteiger partial charge on any atom is 0.126 e. The molecule has 3 rings (SSSR count). The molecule has 104 valence electrons. The van der Waals surface area contributed by atoms with Crippen molar-refractivity contribution in [3.05, 3.63) is 59.8 Å². The Hall–Kier alpha value is -1.87. The predicted octanol–water partition coefficient (Wildman–Crippen LogP) is 2.69. The molecule has 2 aromatic rings. The van der Waals surface area contributed by atoms with Crippen LogP contribution in [0.4, 0.5) is 5.82 Å². The van der Waals surface area contributed by atoms with Gasteiger partial charge in [-0.2, -0.15) is 0 Å². The first-order valence-corrected chi connectivity index (χ1v) is 7.15. The highest BCUT2D eigenvalue weighted by molar-refractivity contribution is 5.40. The number of benzene rings is 1. The van der Waals surface area contributed by atoms with E-state index in [4.69, 9.17) is 5.73 Å². The Morgan fingerprint density at radius 2 is 1.90 bits per heavy atom. The molecular formula is C17H20N2O. The number of aliphatic hydroxyl groups excluding tert-OH is 1. The largest absolute Gasteiger partial charge is 0.392 e. The van der Waals surface area contributed by atoms with E-state index in [2.05, 4.69) is 17.1 Å². The summed E-state index contributed by atoms with van der Waals surface area (Å²) in [5.74, 6) is 0.522. The SMILES string of the molecule is Nc1ncccc1CC(O)C1(c2ccccc2)CCC1. The van der Waals surface area contributed by atoms with E-state index in [0.717, 1.165) is 18.4 Å². The minimum atomic E-state index is -0.412. The summed E-state index contributed by atoms with van der Waals surface area (Å²) in [6.45, 7) is 0. The molecule has 1 fully saturated rings. The third-order valence-corrected chi connectivity index (χ3v) is 4.57. The van der Waals surface area contributed by atoms with Crippen LogP contribution < -0.4 is 5.73 Å². The molecule has 1 atom stereocenters. The van der Waals surface area contributed by atoms with Gasteiger partial charge in [0, 0.05) is 18.0 Å². The van der Waals surface area contributed by atoms with Gasteiger partial charge in [-0.05, 0) is 30.0 Å². The van der Waals surface area contributed by atoms with Gasteiger partial charge in [0.15, 0.2) is 0 Å². The zero-order chi connectivity index (χ0) is 14.0. The smallest absolute Gasteiger partial charge is 0.126 e. The Labute approximate surface area is 119 Å². The molecule has 0 amide bonds. The molecule has 1 heterocycles. The van der Waals surface area contributed by atoms with Gasteiger partial charge in [-0.1, -0.05) is 42.8 Å². The molecule has 1 aliphatic carbocycles. The van der Waals surface area contributed by atoms with Crippen molar-refractivity contribution in [3.8, 4) is 0 Å².